The average Bonchev–Trinajstić information content (AvgIpc) is 3.26. The van der Waals surface area contributed by atoms with Crippen molar-refractivity contribution in [1.82, 2.24) is 5.32 Å². The summed E-state index contributed by atoms with van der Waals surface area (Å²) >= 11 is 0. The first-order valence-electron chi connectivity index (χ1n) is 9.19. The second-order valence-corrected chi connectivity index (χ2v) is 6.31. The molecule has 3 aromatic rings. The van der Waals surface area contributed by atoms with E-state index in [-0.39, 0.29) is 23.4 Å². The maximum absolute atomic E-state index is 13.0. The lowest BCUT2D eigenvalue weighted by atomic mass is 10.2. The molecule has 0 radical (unpaired) electrons. The zero-order chi connectivity index (χ0) is 20.5. The van der Waals surface area contributed by atoms with Crippen LogP contribution in [0.2, 0.25) is 0 Å². The highest BCUT2D eigenvalue weighted by atomic mass is 19.1. The van der Waals surface area contributed by atoms with E-state index in [1.165, 1.54) is 18.4 Å². The van der Waals surface area contributed by atoms with Gasteiger partial charge < -0.3 is 19.8 Å². The van der Waals surface area contributed by atoms with Crippen LogP contribution in [-0.4, -0.2) is 18.4 Å². The second kappa shape index (κ2) is 10.1. The van der Waals surface area contributed by atoms with Crippen molar-refractivity contribution in [2.75, 3.05) is 11.9 Å². The molecule has 2 aromatic carbocycles. The van der Waals surface area contributed by atoms with Crippen LogP contribution in [0.3, 0.4) is 0 Å². The van der Waals surface area contributed by atoms with E-state index in [9.17, 15) is 14.0 Å². The minimum Gasteiger partial charge on any atom is -0.493 e. The summed E-state index contributed by atoms with van der Waals surface area (Å²) in [4.78, 5) is 23.8. The summed E-state index contributed by atoms with van der Waals surface area (Å²) in [5.74, 6) is -0.0845. The Labute approximate surface area is 167 Å². The molecule has 0 spiro atoms. The number of halogens is 1. The standard InChI is InChI=1S/C22H21FN2O4/c23-17-4-1-5-19(14-17)28-12-3-7-21(26)24-15-16-8-10-18(11-9-16)25-22(27)20-6-2-13-29-20/h1-2,4-6,8-11,13-14H,3,7,12,15H2,(H,24,26)(H,25,27). The number of carbonyl (C=O) groups is 2. The van der Waals surface area contributed by atoms with Crippen LogP contribution in [-0.2, 0) is 11.3 Å². The molecule has 0 fully saturated rings. The molecule has 6 nitrogen and oxygen atoms in total. The fraction of sp³-hybridized carbons (Fsp3) is 0.182. The van der Waals surface area contributed by atoms with Crippen molar-refractivity contribution in [2.24, 2.45) is 0 Å². The van der Waals surface area contributed by atoms with E-state index in [1.54, 1.807) is 36.4 Å². The largest absolute Gasteiger partial charge is 0.493 e. The Bertz CT molecular complexity index is 940. The zero-order valence-electron chi connectivity index (χ0n) is 15.7. The Morgan fingerprint density at radius 1 is 1.03 bits per heavy atom. The molecule has 0 saturated carbocycles. The average molecular weight is 396 g/mol. The van der Waals surface area contributed by atoms with Gasteiger partial charge in [0.1, 0.15) is 11.6 Å². The van der Waals surface area contributed by atoms with E-state index in [2.05, 4.69) is 10.6 Å². The number of hydrogen-bond donors (Lipinski definition) is 2. The number of ether oxygens (including phenoxy) is 1. The van der Waals surface area contributed by atoms with Crippen LogP contribution in [0.5, 0.6) is 5.75 Å². The third-order valence-electron chi connectivity index (χ3n) is 4.06. The van der Waals surface area contributed by atoms with E-state index in [0.29, 0.717) is 37.4 Å². The van der Waals surface area contributed by atoms with Crippen molar-refractivity contribution in [3.63, 3.8) is 0 Å². The van der Waals surface area contributed by atoms with Gasteiger partial charge in [-0.15, -0.1) is 0 Å². The summed E-state index contributed by atoms with van der Waals surface area (Å²) in [6.07, 6.45) is 2.28. The summed E-state index contributed by atoms with van der Waals surface area (Å²) in [5.41, 5.74) is 1.54. The number of amides is 2. The Morgan fingerprint density at radius 2 is 1.86 bits per heavy atom. The molecule has 0 atom stereocenters. The fourth-order valence-electron chi connectivity index (χ4n) is 2.57. The minimum absolute atomic E-state index is 0.0944. The SMILES string of the molecule is O=C(CCCOc1cccc(F)c1)NCc1ccc(NC(=O)c2ccco2)cc1. The predicted octanol–water partition coefficient (Wildman–Crippen LogP) is 4.15. The number of furan rings is 1. The second-order valence-electron chi connectivity index (χ2n) is 6.31. The van der Waals surface area contributed by atoms with Crippen LogP contribution in [0, 0.1) is 5.82 Å². The molecule has 29 heavy (non-hydrogen) atoms. The summed E-state index contributed by atoms with van der Waals surface area (Å²) in [7, 11) is 0. The summed E-state index contributed by atoms with van der Waals surface area (Å²) in [6, 6.07) is 16.3. The minimum atomic E-state index is -0.355. The molecular formula is C22H21FN2O4. The molecular weight excluding hydrogens is 375 g/mol. The highest BCUT2D eigenvalue weighted by Gasteiger charge is 2.08. The smallest absolute Gasteiger partial charge is 0.291 e. The first-order valence-corrected chi connectivity index (χ1v) is 9.19. The number of benzene rings is 2. The van der Waals surface area contributed by atoms with Gasteiger partial charge in [0.25, 0.3) is 5.91 Å². The molecule has 0 aliphatic rings. The van der Waals surface area contributed by atoms with Crippen molar-refractivity contribution >= 4 is 17.5 Å². The Kier molecular flexibility index (Phi) is 7.00. The zero-order valence-corrected chi connectivity index (χ0v) is 15.7. The van der Waals surface area contributed by atoms with Gasteiger partial charge in [-0.3, -0.25) is 9.59 Å². The molecule has 150 valence electrons. The first-order chi connectivity index (χ1) is 14.1. The molecule has 2 N–H and O–H groups in total. The van der Waals surface area contributed by atoms with E-state index in [4.69, 9.17) is 9.15 Å². The highest BCUT2D eigenvalue weighted by molar-refractivity contribution is 6.02. The number of nitrogens with one attached hydrogen (secondary N) is 2. The van der Waals surface area contributed by atoms with Crippen molar-refractivity contribution < 1.29 is 23.1 Å². The number of carbonyl (C=O) groups excluding carboxylic acids is 2. The van der Waals surface area contributed by atoms with Gasteiger partial charge in [0.2, 0.25) is 5.91 Å². The number of rotatable bonds is 9. The molecule has 0 saturated heterocycles. The molecule has 1 aromatic heterocycles. The molecule has 3 rings (SSSR count). The van der Waals surface area contributed by atoms with Gasteiger partial charge in [-0.05, 0) is 48.4 Å². The van der Waals surface area contributed by atoms with E-state index < -0.39 is 0 Å². The number of hydrogen-bond acceptors (Lipinski definition) is 4. The Morgan fingerprint density at radius 3 is 2.59 bits per heavy atom. The quantitative estimate of drug-likeness (QED) is 0.533. The van der Waals surface area contributed by atoms with Crippen LogP contribution in [0.25, 0.3) is 0 Å². The lowest BCUT2D eigenvalue weighted by Crippen LogP contribution is -2.23. The molecule has 0 unspecified atom stereocenters. The normalized spacial score (nSPS) is 10.4. The molecule has 2 amide bonds. The van der Waals surface area contributed by atoms with Crippen molar-refractivity contribution in [1.29, 1.82) is 0 Å². The van der Waals surface area contributed by atoms with Crippen molar-refractivity contribution in [3.05, 3.63) is 84.1 Å². The summed E-state index contributed by atoms with van der Waals surface area (Å²) in [5, 5.41) is 5.56. The predicted molar refractivity (Wildman–Crippen MR) is 106 cm³/mol. The lowest BCUT2D eigenvalue weighted by Gasteiger charge is -2.08. The monoisotopic (exact) mass is 396 g/mol. The lowest BCUT2D eigenvalue weighted by molar-refractivity contribution is -0.121. The number of anilines is 1. The Balaban J connectivity index is 1.35. The van der Waals surface area contributed by atoms with Crippen LogP contribution < -0.4 is 15.4 Å². The van der Waals surface area contributed by atoms with Crippen LogP contribution in [0.15, 0.2) is 71.3 Å². The topological polar surface area (TPSA) is 80.6 Å². The molecule has 0 aliphatic heterocycles. The van der Waals surface area contributed by atoms with Crippen LogP contribution in [0.4, 0.5) is 10.1 Å². The van der Waals surface area contributed by atoms with Gasteiger partial charge in [-0.1, -0.05) is 18.2 Å². The third-order valence-corrected chi connectivity index (χ3v) is 4.06. The van der Waals surface area contributed by atoms with Gasteiger partial charge >= 0.3 is 0 Å². The first kappa shape index (κ1) is 20.1. The maximum Gasteiger partial charge on any atom is 0.291 e. The summed E-state index contributed by atoms with van der Waals surface area (Å²) in [6.45, 7) is 0.719. The van der Waals surface area contributed by atoms with E-state index in [0.717, 1.165) is 5.56 Å². The maximum atomic E-state index is 13.0. The Hall–Kier alpha value is -3.61. The van der Waals surface area contributed by atoms with Gasteiger partial charge in [-0.25, -0.2) is 4.39 Å². The van der Waals surface area contributed by atoms with E-state index >= 15 is 0 Å². The summed E-state index contributed by atoms with van der Waals surface area (Å²) < 4.78 is 23.5. The van der Waals surface area contributed by atoms with Gasteiger partial charge in [0, 0.05) is 24.7 Å². The van der Waals surface area contributed by atoms with Crippen molar-refractivity contribution in [3.8, 4) is 5.75 Å². The fourth-order valence-corrected chi connectivity index (χ4v) is 2.57. The molecule has 1 heterocycles. The molecule has 0 bridgehead atoms. The van der Waals surface area contributed by atoms with Gasteiger partial charge in [0.05, 0.1) is 12.9 Å². The van der Waals surface area contributed by atoms with Crippen molar-refractivity contribution in [2.45, 2.75) is 19.4 Å². The molecule has 7 heteroatoms. The highest BCUT2D eigenvalue weighted by Crippen LogP contribution is 2.13. The van der Waals surface area contributed by atoms with Gasteiger partial charge in [0.15, 0.2) is 5.76 Å². The van der Waals surface area contributed by atoms with Crippen LogP contribution in [0.1, 0.15) is 29.0 Å². The van der Waals surface area contributed by atoms with Gasteiger partial charge in [-0.2, -0.15) is 0 Å². The molecule has 0 aliphatic carbocycles. The van der Waals surface area contributed by atoms with Crippen LogP contribution >= 0.6 is 0 Å². The van der Waals surface area contributed by atoms with E-state index in [1.807, 2.05) is 12.1 Å². The third kappa shape index (κ3) is 6.49.